The molecule has 2 fully saturated rings. The van der Waals surface area contributed by atoms with E-state index in [1.54, 1.807) is 7.05 Å². The van der Waals surface area contributed by atoms with Gasteiger partial charge >= 0.3 is 0 Å². The van der Waals surface area contributed by atoms with Gasteiger partial charge in [0, 0.05) is 53.4 Å². The van der Waals surface area contributed by atoms with E-state index in [0.717, 1.165) is 69.7 Å². The number of nitrogens with zero attached hydrogens (tertiary/aromatic N) is 7. The van der Waals surface area contributed by atoms with E-state index in [4.69, 9.17) is 0 Å². The lowest BCUT2D eigenvalue weighted by Crippen LogP contribution is -2.54. The molecule has 3 heterocycles. The van der Waals surface area contributed by atoms with E-state index < -0.39 is 0 Å². The number of piperazine rings is 1. The Morgan fingerprint density at radius 2 is 1.77 bits per heavy atom. The highest BCUT2D eigenvalue weighted by Crippen LogP contribution is 2.09. The van der Waals surface area contributed by atoms with E-state index in [0.29, 0.717) is 13.1 Å². The van der Waals surface area contributed by atoms with Gasteiger partial charge in [0.25, 0.3) is 0 Å². The monoisotopic (exact) mass is 362 g/mol. The fraction of sp³-hybridized carbons (Fsp3) is 0.765. The van der Waals surface area contributed by atoms with Crippen LogP contribution in [0.2, 0.25) is 0 Å². The zero-order chi connectivity index (χ0) is 18.5. The third-order valence-corrected chi connectivity index (χ3v) is 5.29. The van der Waals surface area contributed by atoms with Gasteiger partial charge in [-0.15, -0.1) is 10.2 Å². The molecule has 0 atom stereocenters. The summed E-state index contributed by atoms with van der Waals surface area (Å²) >= 11 is 0. The summed E-state index contributed by atoms with van der Waals surface area (Å²) in [6.07, 6.45) is 2.29. The third-order valence-electron chi connectivity index (χ3n) is 5.29. The first-order chi connectivity index (χ1) is 12.6. The van der Waals surface area contributed by atoms with Gasteiger partial charge in [0.2, 0.25) is 5.91 Å². The number of aliphatic imine (C=N–C) groups is 1. The minimum atomic E-state index is 0.274. The molecular formula is C17H30N8O. The van der Waals surface area contributed by atoms with Crippen LogP contribution in [0, 0.1) is 6.92 Å². The molecule has 1 amide bonds. The van der Waals surface area contributed by atoms with Crippen LogP contribution in [0.5, 0.6) is 0 Å². The topological polar surface area (TPSA) is 81.9 Å². The highest BCUT2D eigenvalue weighted by molar-refractivity contribution is 5.80. The van der Waals surface area contributed by atoms with Gasteiger partial charge in [-0.2, -0.15) is 0 Å². The third kappa shape index (κ3) is 4.32. The Morgan fingerprint density at radius 3 is 2.35 bits per heavy atom. The van der Waals surface area contributed by atoms with E-state index >= 15 is 0 Å². The standard InChI is InChI=1S/C17H30N8O/c1-14-20-21-15(22(14)3)12-19-17(18-2)25-10-8-23(9-11-25)13-16(26)24-6-4-5-7-24/h4-13H2,1-3H3,(H,18,19). The van der Waals surface area contributed by atoms with Crippen LogP contribution in [0.3, 0.4) is 0 Å². The average molecular weight is 362 g/mol. The molecule has 9 heteroatoms. The predicted molar refractivity (Wildman–Crippen MR) is 99.8 cm³/mol. The molecule has 26 heavy (non-hydrogen) atoms. The van der Waals surface area contributed by atoms with E-state index in [1.165, 1.54) is 0 Å². The quantitative estimate of drug-likeness (QED) is 0.571. The summed E-state index contributed by atoms with van der Waals surface area (Å²) in [5, 5.41) is 11.6. The number of aromatic nitrogens is 3. The van der Waals surface area contributed by atoms with Gasteiger partial charge in [-0.25, -0.2) is 0 Å². The van der Waals surface area contributed by atoms with Crippen molar-refractivity contribution in [3.63, 3.8) is 0 Å². The summed E-state index contributed by atoms with van der Waals surface area (Å²) in [6.45, 7) is 8.42. The highest BCUT2D eigenvalue weighted by atomic mass is 16.2. The summed E-state index contributed by atoms with van der Waals surface area (Å²) in [7, 11) is 3.76. The van der Waals surface area contributed by atoms with Crippen LogP contribution >= 0.6 is 0 Å². The SMILES string of the molecule is CN=C(NCc1nnc(C)n1C)N1CCN(CC(=O)N2CCCC2)CC1. The maximum atomic E-state index is 12.3. The van der Waals surface area contributed by atoms with Crippen molar-refractivity contribution in [2.24, 2.45) is 12.0 Å². The number of guanidine groups is 1. The predicted octanol–water partition coefficient (Wildman–Crippen LogP) is -0.561. The Hall–Kier alpha value is -2.16. The molecular weight excluding hydrogens is 332 g/mol. The number of hydrogen-bond donors (Lipinski definition) is 1. The van der Waals surface area contributed by atoms with Crippen LogP contribution in [0.4, 0.5) is 0 Å². The van der Waals surface area contributed by atoms with Crippen molar-refractivity contribution in [1.82, 2.24) is 34.8 Å². The number of nitrogens with one attached hydrogen (secondary N) is 1. The van der Waals surface area contributed by atoms with Crippen molar-refractivity contribution in [2.45, 2.75) is 26.3 Å². The number of amides is 1. The van der Waals surface area contributed by atoms with Crippen LogP contribution in [0.1, 0.15) is 24.5 Å². The first-order valence-corrected chi connectivity index (χ1v) is 9.39. The lowest BCUT2D eigenvalue weighted by Gasteiger charge is -2.36. The summed E-state index contributed by atoms with van der Waals surface area (Å²) in [6, 6.07) is 0. The van der Waals surface area contributed by atoms with Crippen molar-refractivity contribution < 1.29 is 4.79 Å². The van der Waals surface area contributed by atoms with Gasteiger partial charge < -0.3 is 19.7 Å². The van der Waals surface area contributed by atoms with Crippen LogP contribution in [-0.4, -0.2) is 94.2 Å². The van der Waals surface area contributed by atoms with Crippen molar-refractivity contribution in [2.75, 3.05) is 52.9 Å². The number of carbonyl (C=O) groups excluding carboxylic acids is 1. The Kier molecular flexibility index (Phi) is 6.08. The number of rotatable bonds is 4. The molecule has 2 aliphatic heterocycles. The molecule has 2 saturated heterocycles. The largest absolute Gasteiger partial charge is 0.349 e. The molecule has 2 aliphatic rings. The summed E-state index contributed by atoms with van der Waals surface area (Å²) in [5.74, 6) is 2.93. The zero-order valence-corrected chi connectivity index (χ0v) is 16.1. The molecule has 0 aliphatic carbocycles. The number of likely N-dealkylation sites (tertiary alicyclic amines) is 1. The second-order valence-electron chi connectivity index (χ2n) is 6.97. The number of hydrogen-bond acceptors (Lipinski definition) is 5. The molecule has 1 N–H and O–H groups in total. The van der Waals surface area contributed by atoms with Crippen LogP contribution < -0.4 is 5.32 Å². The van der Waals surface area contributed by atoms with Gasteiger partial charge in [0.15, 0.2) is 11.8 Å². The van der Waals surface area contributed by atoms with Gasteiger partial charge in [0.05, 0.1) is 13.1 Å². The first kappa shape index (κ1) is 18.6. The smallest absolute Gasteiger partial charge is 0.236 e. The Bertz CT molecular complexity index is 641. The molecule has 0 radical (unpaired) electrons. The molecule has 9 nitrogen and oxygen atoms in total. The van der Waals surface area contributed by atoms with E-state index in [-0.39, 0.29) is 5.91 Å². The van der Waals surface area contributed by atoms with Crippen LogP contribution in [0.25, 0.3) is 0 Å². The maximum Gasteiger partial charge on any atom is 0.236 e. The lowest BCUT2D eigenvalue weighted by molar-refractivity contribution is -0.131. The summed E-state index contributed by atoms with van der Waals surface area (Å²) in [5.41, 5.74) is 0. The van der Waals surface area contributed by atoms with Gasteiger partial charge in [-0.3, -0.25) is 14.7 Å². The molecule has 1 aromatic rings. The molecule has 3 rings (SSSR count). The molecule has 0 saturated carbocycles. The second kappa shape index (κ2) is 8.48. The molecule has 0 bridgehead atoms. The fourth-order valence-electron chi connectivity index (χ4n) is 3.47. The molecule has 0 spiro atoms. The Balaban J connectivity index is 1.45. The Morgan fingerprint density at radius 1 is 1.08 bits per heavy atom. The zero-order valence-electron chi connectivity index (χ0n) is 16.1. The van der Waals surface area contributed by atoms with Crippen molar-refractivity contribution in [3.8, 4) is 0 Å². The molecule has 0 aromatic carbocycles. The van der Waals surface area contributed by atoms with E-state index in [2.05, 4.69) is 30.3 Å². The molecule has 144 valence electrons. The summed E-state index contributed by atoms with van der Waals surface area (Å²) < 4.78 is 1.97. The van der Waals surface area contributed by atoms with Crippen molar-refractivity contribution in [3.05, 3.63) is 11.6 Å². The minimum Gasteiger partial charge on any atom is -0.349 e. The van der Waals surface area contributed by atoms with Crippen LogP contribution in [0.15, 0.2) is 4.99 Å². The number of aryl methyl sites for hydroxylation is 1. The molecule has 1 aromatic heterocycles. The highest BCUT2D eigenvalue weighted by Gasteiger charge is 2.24. The van der Waals surface area contributed by atoms with Crippen LogP contribution in [-0.2, 0) is 18.4 Å². The van der Waals surface area contributed by atoms with Gasteiger partial charge in [-0.1, -0.05) is 0 Å². The first-order valence-electron chi connectivity index (χ1n) is 9.39. The van der Waals surface area contributed by atoms with Gasteiger partial charge in [0.1, 0.15) is 5.82 Å². The van der Waals surface area contributed by atoms with E-state index in [1.807, 2.05) is 23.4 Å². The second-order valence-corrected chi connectivity index (χ2v) is 6.97. The lowest BCUT2D eigenvalue weighted by atomic mass is 10.3. The fourth-order valence-corrected chi connectivity index (χ4v) is 3.47. The Labute approximate surface area is 155 Å². The summed E-state index contributed by atoms with van der Waals surface area (Å²) in [4.78, 5) is 23.2. The molecule has 0 unspecified atom stereocenters. The average Bonchev–Trinajstić information content (AvgIpc) is 3.29. The van der Waals surface area contributed by atoms with Crippen molar-refractivity contribution in [1.29, 1.82) is 0 Å². The maximum absolute atomic E-state index is 12.3. The normalized spacial score (nSPS) is 19.3. The minimum absolute atomic E-state index is 0.274. The van der Waals surface area contributed by atoms with E-state index in [9.17, 15) is 4.79 Å². The number of carbonyl (C=O) groups is 1. The van der Waals surface area contributed by atoms with Crippen molar-refractivity contribution >= 4 is 11.9 Å². The van der Waals surface area contributed by atoms with Gasteiger partial charge in [-0.05, 0) is 19.8 Å².